The summed E-state index contributed by atoms with van der Waals surface area (Å²) in [6.45, 7) is 3.58. The minimum Gasteiger partial charge on any atom is -0.339 e. The van der Waals surface area contributed by atoms with Crippen LogP contribution in [0.3, 0.4) is 0 Å². The van der Waals surface area contributed by atoms with E-state index in [9.17, 15) is 4.79 Å². The van der Waals surface area contributed by atoms with Crippen LogP contribution in [0.25, 0.3) is 0 Å². The minimum absolute atomic E-state index is 0.0639. The van der Waals surface area contributed by atoms with Crippen LogP contribution in [0, 0.1) is 12.8 Å². The monoisotopic (exact) mass is 426 g/mol. The van der Waals surface area contributed by atoms with Gasteiger partial charge >= 0.3 is 0 Å². The average Bonchev–Trinajstić information content (AvgIpc) is 3.13. The van der Waals surface area contributed by atoms with Crippen LogP contribution in [0.5, 0.6) is 0 Å². The van der Waals surface area contributed by atoms with Gasteiger partial charge in [-0.25, -0.2) is 9.97 Å². The maximum Gasteiger partial charge on any atom is 0.253 e. The number of nitrogens with one attached hydrogen (secondary N) is 1. The number of piperidine rings is 1. The molecule has 29 heavy (non-hydrogen) atoms. The number of benzene rings is 1. The lowest BCUT2D eigenvalue weighted by molar-refractivity contribution is 0.0690. The number of amides is 1. The molecule has 0 bridgehead atoms. The van der Waals surface area contributed by atoms with Crippen LogP contribution in [0.1, 0.15) is 33.8 Å². The zero-order chi connectivity index (χ0) is 20.2. The summed E-state index contributed by atoms with van der Waals surface area (Å²) in [6, 6.07) is 13.2. The zero-order valence-corrected chi connectivity index (χ0v) is 17.8. The van der Waals surface area contributed by atoms with E-state index in [1.165, 1.54) is 4.88 Å². The van der Waals surface area contributed by atoms with Gasteiger partial charge in [-0.1, -0.05) is 23.7 Å². The second kappa shape index (κ2) is 8.93. The largest absolute Gasteiger partial charge is 0.339 e. The Morgan fingerprint density at radius 2 is 2.03 bits per heavy atom. The maximum absolute atomic E-state index is 12.7. The molecule has 4 rings (SSSR count). The molecule has 0 unspecified atom stereocenters. The molecule has 150 valence electrons. The van der Waals surface area contributed by atoms with Gasteiger partial charge < -0.3 is 10.2 Å². The van der Waals surface area contributed by atoms with Gasteiger partial charge in [-0.2, -0.15) is 0 Å². The van der Waals surface area contributed by atoms with Crippen molar-refractivity contribution in [3.63, 3.8) is 0 Å². The molecule has 5 nitrogen and oxygen atoms in total. The van der Waals surface area contributed by atoms with Crippen molar-refractivity contribution in [2.24, 2.45) is 5.92 Å². The summed E-state index contributed by atoms with van der Waals surface area (Å²) >= 11 is 7.64. The summed E-state index contributed by atoms with van der Waals surface area (Å²) in [6.07, 6.45) is 4.75. The van der Waals surface area contributed by atoms with Gasteiger partial charge in [0.15, 0.2) is 5.13 Å². The average molecular weight is 427 g/mol. The highest BCUT2D eigenvalue weighted by Crippen LogP contribution is 2.25. The first kappa shape index (κ1) is 19.9. The molecule has 1 amide bonds. The molecule has 1 aliphatic heterocycles. The molecule has 1 saturated heterocycles. The highest BCUT2D eigenvalue weighted by molar-refractivity contribution is 7.15. The smallest absolute Gasteiger partial charge is 0.253 e. The second-order valence-corrected chi connectivity index (χ2v) is 9.04. The van der Waals surface area contributed by atoms with Crippen molar-refractivity contribution in [3.8, 4) is 0 Å². The van der Waals surface area contributed by atoms with Crippen molar-refractivity contribution in [2.75, 3.05) is 18.4 Å². The van der Waals surface area contributed by atoms with Crippen LogP contribution in [-0.2, 0) is 6.42 Å². The molecular formula is C22H23ClN4OS. The topological polar surface area (TPSA) is 58.1 Å². The third-order valence-corrected chi connectivity index (χ3v) is 6.20. The van der Waals surface area contributed by atoms with Gasteiger partial charge in [-0.05, 0) is 62.4 Å². The SMILES string of the molecule is Cc1cnc(Nc2cccc(CC3CCN(C(=O)c4cccc(Cl)c4)CC3)n2)s1. The molecule has 0 saturated carbocycles. The van der Waals surface area contributed by atoms with Crippen molar-refractivity contribution < 1.29 is 4.79 Å². The molecule has 3 heterocycles. The fourth-order valence-corrected chi connectivity index (χ4v) is 4.49. The van der Waals surface area contributed by atoms with Crippen molar-refractivity contribution in [3.05, 3.63) is 69.8 Å². The van der Waals surface area contributed by atoms with E-state index in [0.29, 0.717) is 16.5 Å². The van der Waals surface area contributed by atoms with E-state index in [-0.39, 0.29) is 5.91 Å². The van der Waals surface area contributed by atoms with Crippen LogP contribution in [-0.4, -0.2) is 33.9 Å². The van der Waals surface area contributed by atoms with Crippen LogP contribution >= 0.6 is 22.9 Å². The Labute approximate surface area is 179 Å². The van der Waals surface area contributed by atoms with Crippen LogP contribution in [0.2, 0.25) is 5.02 Å². The fraction of sp³-hybridized carbons (Fsp3) is 0.318. The van der Waals surface area contributed by atoms with Crippen LogP contribution in [0.4, 0.5) is 10.9 Å². The third kappa shape index (κ3) is 5.14. The van der Waals surface area contributed by atoms with Crippen molar-refractivity contribution >= 4 is 39.8 Å². The number of carbonyl (C=O) groups excluding carboxylic acids is 1. The third-order valence-electron chi connectivity index (χ3n) is 5.13. The fourth-order valence-electron chi connectivity index (χ4n) is 3.62. The van der Waals surface area contributed by atoms with Crippen LogP contribution < -0.4 is 5.32 Å². The summed E-state index contributed by atoms with van der Waals surface area (Å²) in [7, 11) is 0. The molecule has 3 aromatic rings. The van der Waals surface area contributed by atoms with E-state index < -0.39 is 0 Å². The number of hydrogen-bond donors (Lipinski definition) is 1. The number of thiazole rings is 1. The Morgan fingerprint density at radius 3 is 2.76 bits per heavy atom. The number of hydrogen-bond acceptors (Lipinski definition) is 5. The number of nitrogens with zero attached hydrogens (tertiary/aromatic N) is 3. The second-order valence-electron chi connectivity index (χ2n) is 7.37. The first-order valence-electron chi connectivity index (χ1n) is 9.77. The van der Waals surface area contributed by atoms with E-state index in [1.54, 1.807) is 23.5 Å². The van der Waals surface area contributed by atoms with E-state index in [4.69, 9.17) is 16.6 Å². The normalized spacial score (nSPS) is 14.8. The predicted molar refractivity (Wildman–Crippen MR) is 118 cm³/mol. The van der Waals surface area contributed by atoms with E-state index in [1.807, 2.05) is 42.3 Å². The number of carbonyl (C=O) groups is 1. The molecule has 1 N–H and O–H groups in total. The molecule has 1 fully saturated rings. The Bertz CT molecular complexity index is 998. The number of pyridine rings is 1. The molecular weight excluding hydrogens is 404 g/mol. The Hall–Kier alpha value is -2.44. The number of aryl methyl sites for hydroxylation is 1. The number of aromatic nitrogens is 2. The molecule has 7 heteroatoms. The van der Waals surface area contributed by atoms with Gasteiger partial charge in [0, 0.05) is 40.4 Å². The maximum atomic E-state index is 12.7. The van der Waals surface area contributed by atoms with Gasteiger partial charge in [0.05, 0.1) is 0 Å². The molecule has 0 radical (unpaired) electrons. The highest BCUT2D eigenvalue weighted by atomic mass is 35.5. The summed E-state index contributed by atoms with van der Waals surface area (Å²) in [5.41, 5.74) is 1.73. The van der Waals surface area contributed by atoms with E-state index >= 15 is 0 Å². The molecule has 1 aliphatic rings. The lowest BCUT2D eigenvalue weighted by Gasteiger charge is -2.32. The van der Waals surface area contributed by atoms with Crippen molar-refractivity contribution in [1.82, 2.24) is 14.9 Å². The van der Waals surface area contributed by atoms with Gasteiger partial charge in [-0.15, -0.1) is 11.3 Å². The van der Waals surface area contributed by atoms with E-state index in [0.717, 1.165) is 49.0 Å². The van der Waals surface area contributed by atoms with Gasteiger partial charge in [-0.3, -0.25) is 4.79 Å². The lowest BCUT2D eigenvalue weighted by atomic mass is 9.91. The van der Waals surface area contributed by atoms with Gasteiger partial charge in [0.2, 0.25) is 0 Å². The first-order chi connectivity index (χ1) is 14.1. The minimum atomic E-state index is 0.0639. The summed E-state index contributed by atoms with van der Waals surface area (Å²) < 4.78 is 0. The molecule has 2 aromatic heterocycles. The summed E-state index contributed by atoms with van der Waals surface area (Å²) in [5, 5.41) is 4.74. The summed E-state index contributed by atoms with van der Waals surface area (Å²) in [4.78, 5) is 24.9. The lowest BCUT2D eigenvalue weighted by Crippen LogP contribution is -2.39. The first-order valence-corrected chi connectivity index (χ1v) is 11.0. The summed E-state index contributed by atoms with van der Waals surface area (Å²) in [5.74, 6) is 1.42. The Morgan fingerprint density at radius 1 is 1.24 bits per heavy atom. The van der Waals surface area contributed by atoms with Crippen molar-refractivity contribution in [1.29, 1.82) is 0 Å². The number of likely N-dealkylation sites (tertiary alicyclic amines) is 1. The molecule has 0 aliphatic carbocycles. The van der Waals surface area contributed by atoms with Gasteiger partial charge in [0.1, 0.15) is 5.82 Å². The zero-order valence-electron chi connectivity index (χ0n) is 16.3. The van der Waals surface area contributed by atoms with Gasteiger partial charge in [0.25, 0.3) is 5.91 Å². The Kier molecular flexibility index (Phi) is 6.11. The number of anilines is 2. The van der Waals surface area contributed by atoms with Crippen LogP contribution in [0.15, 0.2) is 48.7 Å². The highest BCUT2D eigenvalue weighted by Gasteiger charge is 2.24. The number of halogens is 1. The predicted octanol–water partition coefficient (Wildman–Crippen LogP) is 5.34. The quantitative estimate of drug-likeness (QED) is 0.598. The molecule has 0 atom stereocenters. The standard InChI is InChI=1S/C22H23ClN4OS/c1-15-14-24-22(29-15)26-20-7-3-6-19(25-20)12-16-8-10-27(11-9-16)21(28)17-4-2-5-18(23)13-17/h2-7,13-14,16H,8-12H2,1H3,(H,24,25,26). The molecule has 0 spiro atoms. The molecule has 1 aromatic carbocycles. The number of rotatable bonds is 5. The van der Waals surface area contributed by atoms with E-state index in [2.05, 4.69) is 16.4 Å². The van der Waals surface area contributed by atoms with Crippen molar-refractivity contribution in [2.45, 2.75) is 26.2 Å². The Balaban J connectivity index is 1.32.